The van der Waals surface area contributed by atoms with Crippen molar-refractivity contribution in [2.75, 3.05) is 11.5 Å². The lowest BCUT2D eigenvalue weighted by molar-refractivity contribution is 0.626. The van der Waals surface area contributed by atoms with Gasteiger partial charge in [-0.3, -0.25) is 0 Å². The average molecular weight is 227 g/mol. The van der Waals surface area contributed by atoms with Gasteiger partial charge >= 0.3 is 0 Å². The first-order valence-corrected chi connectivity index (χ1v) is 4.52. The fourth-order valence-electron chi connectivity index (χ4n) is 1.24. The molecule has 0 amide bonds. The van der Waals surface area contributed by atoms with Crippen LogP contribution in [0.4, 0.5) is 16.0 Å². The molecule has 0 radical (unpaired) electrons. The van der Waals surface area contributed by atoms with Crippen LogP contribution < -0.4 is 11.5 Å². The van der Waals surface area contributed by atoms with E-state index in [9.17, 15) is 4.39 Å². The second-order valence-electron chi connectivity index (χ2n) is 3.00. The Morgan fingerprint density at radius 3 is 2.53 bits per heavy atom. The molecular formula is C9H8ClFN4. The Labute approximate surface area is 90.2 Å². The topological polar surface area (TPSA) is 69.9 Å². The van der Waals surface area contributed by atoms with Crippen LogP contribution in [0.25, 0.3) is 5.69 Å². The number of anilines is 2. The third-order valence-corrected chi connectivity index (χ3v) is 2.21. The van der Waals surface area contributed by atoms with E-state index < -0.39 is 5.82 Å². The van der Waals surface area contributed by atoms with E-state index in [2.05, 4.69) is 5.10 Å². The van der Waals surface area contributed by atoms with Crippen molar-refractivity contribution in [2.45, 2.75) is 0 Å². The third kappa shape index (κ3) is 1.73. The minimum atomic E-state index is -0.525. The van der Waals surface area contributed by atoms with Crippen molar-refractivity contribution in [1.82, 2.24) is 9.78 Å². The first-order valence-electron chi connectivity index (χ1n) is 4.14. The maximum atomic E-state index is 13.2. The van der Waals surface area contributed by atoms with Crippen molar-refractivity contribution in [2.24, 2.45) is 0 Å². The van der Waals surface area contributed by atoms with Gasteiger partial charge in [0, 0.05) is 12.1 Å². The van der Waals surface area contributed by atoms with Crippen LogP contribution in [0.2, 0.25) is 5.02 Å². The lowest BCUT2D eigenvalue weighted by Gasteiger charge is -2.04. The van der Waals surface area contributed by atoms with Crippen molar-refractivity contribution >= 4 is 23.2 Å². The maximum Gasteiger partial charge on any atom is 0.148 e. The molecule has 0 fully saturated rings. The van der Waals surface area contributed by atoms with E-state index in [-0.39, 0.29) is 10.8 Å². The largest absolute Gasteiger partial charge is 0.384 e. The average Bonchev–Trinajstić information content (AvgIpc) is 2.50. The van der Waals surface area contributed by atoms with Crippen LogP contribution in [0.5, 0.6) is 0 Å². The highest BCUT2D eigenvalue weighted by Gasteiger charge is 2.07. The SMILES string of the molecule is Nc1cc(N)n(-c2ccc(Cl)c(F)c2)n1. The summed E-state index contributed by atoms with van der Waals surface area (Å²) in [6, 6.07) is 5.77. The quantitative estimate of drug-likeness (QED) is 0.779. The Balaban J connectivity index is 2.54. The molecule has 2 rings (SSSR count). The number of hydrogen-bond donors (Lipinski definition) is 2. The highest BCUT2D eigenvalue weighted by Crippen LogP contribution is 2.20. The highest BCUT2D eigenvalue weighted by molar-refractivity contribution is 6.30. The van der Waals surface area contributed by atoms with Crippen LogP contribution in [0.1, 0.15) is 0 Å². The predicted molar refractivity (Wildman–Crippen MR) is 57.4 cm³/mol. The molecule has 0 spiro atoms. The van der Waals surface area contributed by atoms with Gasteiger partial charge in [0.15, 0.2) is 0 Å². The molecule has 0 aliphatic rings. The first-order chi connectivity index (χ1) is 7.08. The van der Waals surface area contributed by atoms with E-state index in [0.717, 1.165) is 0 Å². The zero-order valence-corrected chi connectivity index (χ0v) is 8.37. The van der Waals surface area contributed by atoms with Gasteiger partial charge < -0.3 is 11.5 Å². The zero-order valence-electron chi connectivity index (χ0n) is 7.61. The number of nitrogens with zero attached hydrogens (tertiary/aromatic N) is 2. The maximum absolute atomic E-state index is 13.2. The second-order valence-corrected chi connectivity index (χ2v) is 3.41. The van der Waals surface area contributed by atoms with E-state index >= 15 is 0 Å². The van der Waals surface area contributed by atoms with E-state index in [1.54, 1.807) is 6.07 Å². The Kier molecular flexibility index (Phi) is 2.24. The lowest BCUT2D eigenvalue weighted by atomic mass is 10.3. The molecule has 0 bridgehead atoms. The van der Waals surface area contributed by atoms with Gasteiger partial charge in [-0.25, -0.2) is 9.07 Å². The third-order valence-electron chi connectivity index (χ3n) is 1.90. The van der Waals surface area contributed by atoms with Gasteiger partial charge in [0.05, 0.1) is 10.7 Å². The normalized spacial score (nSPS) is 10.5. The van der Waals surface area contributed by atoms with Crippen molar-refractivity contribution in [1.29, 1.82) is 0 Å². The number of rotatable bonds is 1. The number of nitrogens with two attached hydrogens (primary N) is 2. The highest BCUT2D eigenvalue weighted by atomic mass is 35.5. The van der Waals surface area contributed by atoms with E-state index in [1.807, 2.05) is 0 Å². The van der Waals surface area contributed by atoms with Crippen molar-refractivity contribution in [3.05, 3.63) is 35.1 Å². The molecular weight excluding hydrogens is 219 g/mol. The first kappa shape index (κ1) is 9.79. The van der Waals surface area contributed by atoms with Crippen molar-refractivity contribution in [3.63, 3.8) is 0 Å². The van der Waals surface area contributed by atoms with Gasteiger partial charge in [-0.1, -0.05) is 11.6 Å². The summed E-state index contributed by atoms with van der Waals surface area (Å²) in [6.45, 7) is 0. The smallest absolute Gasteiger partial charge is 0.148 e. The molecule has 0 atom stereocenters. The Hall–Kier alpha value is -1.75. The minimum Gasteiger partial charge on any atom is -0.384 e. The van der Waals surface area contributed by atoms with Gasteiger partial charge in [-0.15, -0.1) is 5.10 Å². The summed E-state index contributed by atoms with van der Waals surface area (Å²) in [5.41, 5.74) is 11.6. The monoisotopic (exact) mass is 226 g/mol. The molecule has 0 aliphatic carbocycles. The summed E-state index contributed by atoms with van der Waals surface area (Å²) in [5, 5.41) is 3.96. The minimum absolute atomic E-state index is 0.0532. The lowest BCUT2D eigenvalue weighted by Crippen LogP contribution is -2.02. The number of aromatic nitrogens is 2. The van der Waals surface area contributed by atoms with Crippen LogP contribution in [0.3, 0.4) is 0 Å². The molecule has 1 aromatic heterocycles. The Morgan fingerprint density at radius 1 is 1.27 bits per heavy atom. The molecule has 15 heavy (non-hydrogen) atoms. The van der Waals surface area contributed by atoms with Crippen LogP contribution >= 0.6 is 11.6 Å². The van der Waals surface area contributed by atoms with Gasteiger partial charge in [-0.2, -0.15) is 0 Å². The Morgan fingerprint density at radius 2 is 2.00 bits per heavy atom. The molecule has 78 valence electrons. The molecule has 6 heteroatoms. The van der Waals surface area contributed by atoms with Crippen LogP contribution in [0, 0.1) is 5.82 Å². The fraction of sp³-hybridized carbons (Fsp3) is 0. The molecule has 1 aromatic carbocycles. The summed E-state index contributed by atoms with van der Waals surface area (Å²) in [6.07, 6.45) is 0. The molecule has 0 saturated heterocycles. The van der Waals surface area contributed by atoms with Crippen molar-refractivity contribution in [3.8, 4) is 5.69 Å². The molecule has 2 aromatic rings. The number of nitrogen functional groups attached to an aromatic ring is 2. The molecule has 4 nitrogen and oxygen atoms in total. The van der Waals surface area contributed by atoms with Crippen LogP contribution in [-0.2, 0) is 0 Å². The number of benzene rings is 1. The summed E-state index contributed by atoms with van der Waals surface area (Å²) in [7, 11) is 0. The molecule has 0 aliphatic heterocycles. The summed E-state index contributed by atoms with van der Waals surface area (Å²) < 4.78 is 14.5. The van der Waals surface area contributed by atoms with E-state index in [4.69, 9.17) is 23.1 Å². The summed E-state index contributed by atoms with van der Waals surface area (Å²) in [4.78, 5) is 0. The molecule has 1 heterocycles. The standard InChI is InChI=1S/C9H8ClFN4/c10-6-2-1-5(3-7(6)11)15-9(13)4-8(12)14-15/h1-4H,13H2,(H2,12,14). The van der Waals surface area contributed by atoms with E-state index in [0.29, 0.717) is 11.5 Å². The molecule has 0 saturated carbocycles. The number of halogens is 2. The molecule has 4 N–H and O–H groups in total. The van der Waals surface area contributed by atoms with Gasteiger partial charge in [0.2, 0.25) is 0 Å². The summed E-state index contributed by atoms with van der Waals surface area (Å²) >= 11 is 5.55. The van der Waals surface area contributed by atoms with E-state index in [1.165, 1.54) is 22.9 Å². The van der Waals surface area contributed by atoms with Gasteiger partial charge in [0.1, 0.15) is 17.5 Å². The van der Waals surface area contributed by atoms with Crippen LogP contribution in [-0.4, -0.2) is 9.78 Å². The van der Waals surface area contributed by atoms with Gasteiger partial charge in [0.25, 0.3) is 0 Å². The predicted octanol–water partition coefficient (Wildman–Crippen LogP) is 1.83. The fourth-order valence-corrected chi connectivity index (χ4v) is 1.36. The second kappa shape index (κ2) is 3.43. The summed E-state index contributed by atoms with van der Waals surface area (Å²) in [5.74, 6) is 0.0970. The van der Waals surface area contributed by atoms with Crippen LogP contribution in [0.15, 0.2) is 24.3 Å². The van der Waals surface area contributed by atoms with Gasteiger partial charge in [-0.05, 0) is 12.1 Å². The number of hydrogen-bond acceptors (Lipinski definition) is 3. The Bertz CT molecular complexity index is 509. The molecule has 0 unspecified atom stereocenters. The van der Waals surface area contributed by atoms with Crippen molar-refractivity contribution < 1.29 is 4.39 Å². The zero-order chi connectivity index (χ0) is 11.0.